The zero-order valence-electron chi connectivity index (χ0n) is 7.96. The van der Waals surface area contributed by atoms with Gasteiger partial charge < -0.3 is 10.0 Å². The number of hydrogen-bond donors (Lipinski definition) is 1. The Morgan fingerprint density at radius 1 is 1.57 bits per heavy atom. The number of amides is 1. The number of carbonyl (C=O) groups excluding carboxylic acids is 1. The highest BCUT2D eigenvalue weighted by Gasteiger charge is 2.68. The van der Waals surface area contributed by atoms with Crippen LogP contribution in [0.3, 0.4) is 0 Å². The number of rotatable bonds is 1. The maximum atomic E-state index is 11.9. The lowest BCUT2D eigenvalue weighted by Crippen LogP contribution is -2.37. The number of alkyl halides is 2. The van der Waals surface area contributed by atoms with Crippen LogP contribution in [0.15, 0.2) is 0 Å². The predicted molar refractivity (Wildman–Crippen MR) is 54.4 cm³/mol. The van der Waals surface area contributed by atoms with Crippen LogP contribution >= 0.6 is 23.2 Å². The fourth-order valence-corrected chi connectivity index (χ4v) is 2.60. The third kappa shape index (κ3) is 1.42. The van der Waals surface area contributed by atoms with Crippen LogP contribution in [0.1, 0.15) is 19.8 Å². The molecule has 80 valence electrons. The molecule has 2 rings (SSSR count). The second-order valence-electron chi connectivity index (χ2n) is 4.41. The van der Waals surface area contributed by atoms with Crippen molar-refractivity contribution in [1.29, 1.82) is 0 Å². The molecule has 0 aromatic rings. The molecule has 2 aliphatic rings. The van der Waals surface area contributed by atoms with Gasteiger partial charge in [0.15, 0.2) is 0 Å². The topological polar surface area (TPSA) is 40.5 Å². The number of aliphatic hydroxyl groups is 1. The van der Waals surface area contributed by atoms with Crippen molar-refractivity contribution in [2.75, 3.05) is 13.1 Å². The highest BCUT2D eigenvalue weighted by atomic mass is 35.5. The molecule has 1 aliphatic heterocycles. The Morgan fingerprint density at radius 2 is 2.14 bits per heavy atom. The Hall–Kier alpha value is 0.01000. The molecule has 3 nitrogen and oxygen atoms in total. The van der Waals surface area contributed by atoms with Gasteiger partial charge in [-0.1, -0.05) is 0 Å². The van der Waals surface area contributed by atoms with E-state index in [9.17, 15) is 9.90 Å². The van der Waals surface area contributed by atoms with Crippen molar-refractivity contribution in [3.63, 3.8) is 0 Å². The van der Waals surface area contributed by atoms with Crippen LogP contribution in [0.4, 0.5) is 0 Å². The van der Waals surface area contributed by atoms with Crippen molar-refractivity contribution in [3.05, 3.63) is 0 Å². The van der Waals surface area contributed by atoms with Crippen molar-refractivity contribution in [1.82, 2.24) is 4.90 Å². The number of hydrogen-bond acceptors (Lipinski definition) is 2. The zero-order chi connectivity index (χ0) is 10.6. The summed E-state index contributed by atoms with van der Waals surface area (Å²) in [4.78, 5) is 13.6. The Morgan fingerprint density at radius 3 is 2.50 bits per heavy atom. The minimum absolute atomic E-state index is 0.0287. The van der Waals surface area contributed by atoms with E-state index in [1.807, 2.05) is 0 Å². The van der Waals surface area contributed by atoms with Gasteiger partial charge in [-0.3, -0.25) is 4.79 Å². The molecule has 0 radical (unpaired) electrons. The molecule has 1 unspecified atom stereocenters. The summed E-state index contributed by atoms with van der Waals surface area (Å²) in [6.45, 7) is 2.80. The summed E-state index contributed by atoms with van der Waals surface area (Å²) in [6, 6.07) is 0. The molecular formula is C9H13Cl2NO2. The number of nitrogens with zero attached hydrogens (tertiary/aromatic N) is 1. The fourth-order valence-electron chi connectivity index (χ4n) is 1.91. The third-order valence-electron chi connectivity index (χ3n) is 3.18. The van der Waals surface area contributed by atoms with Crippen molar-refractivity contribution >= 4 is 29.1 Å². The first-order valence-corrected chi connectivity index (χ1v) is 5.48. The first kappa shape index (κ1) is 10.5. The van der Waals surface area contributed by atoms with E-state index in [4.69, 9.17) is 23.2 Å². The number of halogens is 2. The molecule has 1 amide bonds. The van der Waals surface area contributed by atoms with Crippen LogP contribution < -0.4 is 0 Å². The van der Waals surface area contributed by atoms with E-state index in [0.29, 0.717) is 25.9 Å². The fraction of sp³-hybridized carbons (Fsp3) is 0.889. The van der Waals surface area contributed by atoms with Crippen molar-refractivity contribution in [3.8, 4) is 0 Å². The van der Waals surface area contributed by atoms with Gasteiger partial charge in [0.1, 0.15) is 4.33 Å². The molecule has 0 spiro atoms. The molecule has 1 heterocycles. The van der Waals surface area contributed by atoms with Crippen LogP contribution in [0.2, 0.25) is 0 Å². The van der Waals surface area contributed by atoms with Crippen LogP contribution in [0.25, 0.3) is 0 Å². The van der Waals surface area contributed by atoms with E-state index in [2.05, 4.69) is 0 Å². The molecule has 2 atom stereocenters. The van der Waals surface area contributed by atoms with E-state index < -0.39 is 9.75 Å². The van der Waals surface area contributed by atoms with Gasteiger partial charge in [-0.2, -0.15) is 0 Å². The summed E-state index contributed by atoms with van der Waals surface area (Å²) in [6.07, 6.45) is 0.773. The average Bonchev–Trinajstić information content (AvgIpc) is 2.48. The number of likely N-dealkylation sites (tertiary alicyclic amines) is 1. The highest BCUT2D eigenvalue weighted by Crippen LogP contribution is 2.64. The maximum Gasteiger partial charge on any atom is 0.231 e. The SMILES string of the molecule is CC1(C(=O)N2CC[C@@H](O)C2)CC1(Cl)Cl. The first-order chi connectivity index (χ1) is 6.37. The average molecular weight is 238 g/mol. The normalized spacial score (nSPS) is 40.0. The Bertz CT molecular complexity index is 282. The predicted octanol–water partition coefficient (Wildman–Crippen LogP) is 1.16. The lowest BCUT2D eigenvalue weighted by molar-refractivity contribution is -0.135. The van der Waals surface area contributed by atoms with E-state index in [1.54, 1.807) is 11.8 Å². The van der Waals surface area contributed by atoms with Gasteiger partial charge >= 0.3 is 0 Å². The lowest BCUT2D eigenvalue weighted by Gasteiger charge is -2.21. The van der Waals surface area contributed by atoms with Crippen molar-refractivity contribution in [2.24, 2.45) is 5.41 Å². The monoisotopic (exact) mass is 237 g/mol. The molecule has 0 bridgehead atoms. The number of aliphatic hydroxyl groups excluding tert-OH is 1. The number of carbonyl (C=O) groups is 1. The molecule has 1 N–H and O–H groups in total. The van der Waals surface area contributed by atoms with Crippen LogP contribution in [-0.4, -0.2) is 39.4 Å². The summed E-state index contributed by atoms with van der Waals surface area (Å²) in [5.41, 5.74) is -0.639. The van der Waals surface area contributed by atoms with E-state index >= 15 is 0 Å². The molecule has 14 heavy (non-hydrogen) atoms. The first-order valence-electron chi connectivity index (χ1n) is 4.72. The molecule has 5 heteroatoms. The standard InChI is InChI=1S/C9H13Cl2NO2/c1-8(5-9(8,10)11)7(14)12-3-2-6(13)4-12/h6,13H,2-5H2,1H3/t6-,8?/m1/s1. The van der Waals surface area contributed by atoms with Crippen molar-refractivity contribution in [2.45, 2.75) is 30.2 Å². The molecule has 0 aromatic heterocycles. The summed E-state index contributed by atoms with van der Waals surface area (Å²) < 4.78 is -0.905. The third-order valence-corrected chi connectivity index (χ3v) is 4.28. The molecular weight excluding hydrogens is 225 g/mol. The van der Waals surface area contributed by atoms with Gasteiger partial charge in [0, 0.05) is 13.1 Å². The second-order valence-corrected chi connectivity index (χ2v) is 5.89. The second kappa shape index (κ2) is 3.00. The summed E-state index contributed by atoms with van der Waals surface area (Å²) in [5, 5.41) is 9.30. The van der Waals surface area contributed by atoms with Gasteiger partial charge in [-0.15, -0.1) is 23.2 Å². The Labute approximate surface area is 93.0 Å². The molecule has 1 saturated heterocycles. The number of β-amino-alcohol motifs (C(OH)–C–C–N with tert-alkyl or cyclic N) is 1. The van der Waals surface area contributed by atoms with Gasteiger partial charge in [0.25, 0.3) is 0 Å². The highest BCUT2D eigenvalue weighted by molar-refractivity contribution is 6.53. The summed E-state index contributed by atoms with van der Waals surface area (Å²) in [7, 11) is 0. The van der Waals surface area contributed by atoms with Gasteiger partial charge in [-0.05, 0) is 19.8 Å². The largest absolute Gasteiger partial charge is 0.391 e. The maximum absolute atomic E-state index is 11.9. The molecule has 0 aromatic carbocycles. The van der Waals surface area contributed by atoms with Gasteiger partial charge in [0.2, 0.25) is 5.91 Å². The van der Waals surface area contributed by atoms with E-state index in [-0.39, 0.29) is 12.0 Å². The molecule has 2 fully saturated rings. The van der Waals surface area contributed by atoms with Crippen LogP contribution in [0.5, 0.6) is 0 Å². The van der Waals surface area contributed by atoms with Crippen LogP contribution in [-0.2, 0) is 4.79 Å². The summed E-state index contributed by atoms with van der Waals surface area (Å²) >= 11 is 11.8. The van der Waals surface area contributed by atoms with E-state index in [1.165, 1.54) is 0 Å². The molecule has 1 aliphatic carbocycles. The Balaban J connectivity index is 2.04. The lowest BCUT2D eigenvalue weighted by atomic mass is 10.1. The van der Waals surface area contributed by atoms with Gasteiger partial charge in [0.05, 0.1) is 11.5 Å². The van der Waals surface area contributed by atoms with Crippen LogP contribution in [0, 0.1) is 5.41 Å². The van der Waals surface area contributed by atoms with Crippen molar-refractivity contribution < 1.29 is 9.90 Å². The summed E-state index contributed by atoms with van der Waals surface area (Å²) in [5.74, 6) is -0.0287. The van der Waals surface area contributed by atoms with E-state index in [0.717, 1.165) is 0 Å². The minimum atomic E-state index is -0.905. The van der Waals surface area contributed by atoms with Gasteiger partial charge in [-0.25, -0.2) is 0 Å². The molecule has 1 saturated carbocycles. The minimum Gasteiger partial charge on any atom is -0.391 e. The smallest absolute Gasteiger partial charge is 0.231 e. The zero-order valence-corrected chi connectivity index (χ0v) is 9.48. The quantitative estimate of drug-likeness (QED) is 0.696. The Kier molecular flexibility index (Phi) is 2.26.